The minimum absolute atomic E-state index is 0.211. The highest BCUT2D eigenvalue weighted by Gasteiger charge is 2.38. The van der Waals surface area contributed by atoms with Crippen LogP contribution in [0.5, 0.6) is 0 Å². The molecule has 0 amide bonds. The third-order valence-electron chi connectivity index (χ3n) is 1.70. The molecule has 1 atom stereocenters. The van der Waals surface area contributed by atoms with Crippen molar-refractivity contribution in [2.24, 2.45) is 0 Å². The van der Waals surface area contributed by atoms with Gasteiger partial charge in [-0.05, 0) is 34.6 Å². The minimum Gasteiger partial charge on any atom is -0.308 e. The molecule has 0 heterocycles. The Bertz CT molecular complexity index is 307. The third kappa shape index (κ3) is 7.03. The molecule has 0 radical (unpaired) electrons. The summed E-state index contributed by atoms with van der Waals surface area (Å²) in [5.41, 5.74) is 0. The number of hydrogen-bond donors (Lipinski definition) is 0. The summed E-state index contributed by atoms with van der Waals surface area (Å²) in [5.74, 6) is -0.353. The van der Waals surface area contributed by atoms with Gasteiger partial charge < -0.3 is 18.1 Å². The summed E-state index contributed by atoms with van der Waals surface area (Å²) in [6.45, 7) is 9.19. The maximum Gasteiger partial charge on any atom is 0.342 e. The summed E-state index contributed by atoms with van der Waals surface area (Å²) in [5, 5.41) is 0. The lowest BCUT2D eigenvalue weighted by molar-refractivity contribution is 0.171. The SMILES string of the molecule is CCOP(=O)(CP(=O)(OCC)OC(C)C)OCC. The molecule has 0 spiro atoms. The van der Waals surface area contributed by atoms with E-state index in [1.807, 2.05) is 0 Å². The van der Waals surface area contributed by atoms with Crippen LogP contribution in [-0.2, 0) is 27.2 Å². The molecule has 0 saturated carbocycles. The largest absolute Gasteiger partial charge is 0.342 e. The zero-order chi connectivity index (χ0) is 14.2. The lowest BCUT2D eigenvalue weighted by atomic mass is 10.5. The molecule has 0 bridgehead atoms. The van der Waals surface area contributed by atoms with Crippen LogP contribution in [0.25, 0.3) is 0 Å². The van der Waals surface area contributed by atoms with E-state index in [9.17, 15) is 9.13 Å². The third-order valence-corrected chi connectivity index (χ3v) is 7.16. The predicted octanol–water partition coefficient (Wildman–Crippen LogP) is 3.86. The first-order valence-corrected chi connectivity index (χ1v) is 9.56. The first kappa shape index (κ1) is 18.3. The van der Waals surface area contributed by atoms with Gasteiger partial charge in [0.25, 0.3) is 0 Å². The van der Waals surface area contributed by atoms with Crippen molar-refractivity contribution >= 4 is 15.2 Å². The molecule has 6 nitrogen and oxygen atoms in total. The molecule has 0 fully saturated rings. The lowest BCUT2D eigenvalue weighted by Gasteiger charge is -2.24. The Labute approximate surface area is 109 Å². The van der Waals surface area contributed by atoms with Gasteiger partial charge in [0.05, 0.1) is 25.9 Å². The Hall–Kier alpha value is 0.300. The molecule has 8 heteroatoms. The summed E-state index contributed by atoms with van der Waals surface area (Å²) in [6, 6.07) is 0. The molecule has 0 aromatic rings. The van der Waals surface area contributed by atoms with Gasteiger partial charge in [-0.3, -0.25) is 9.13 Å². The van der Waals surface area contributed by atoms with E-state index < -0.39 is 15.2 Å². The fraction of sp³-hybridized carbons (Fsp3) is 1.00. The zero-order valence-electron chi connectivity index (χ0n) is 11.7. The van der Waals surface area contributed by atoms with Crippen LogP contribution >= 0.6 is 15.2 Å². The molecule has 0 aromatic heterocycles. The Morgan fingerprint density at radius 2 is 1.22 bits per heavy atom. The Morgan fingerprint density at radius 3 is 1.56 bits per heavy atom. The van der Waals surface area contributed by atoms with Crippen LogP contribution in [0.1, 0.15) is 34.6 Å². The standard InChI is InChI=1S/C10H24O6P2/c1-6-13-17(11,14-7-2)9-18(12,15-8-3)16-10(4)5/h10H,6-9H2,1-5H3. The van der Waals surface area contributed by atoms with Gasteiger partial charge in [0.2, 0.25) is 0 Å². The molecule has 0 rings (SSSR count). The maximum atomic E-state index is 12.4. The van der Waals surface area contributed by atoms with Gasteiger partial charge in [-0.15, -0.1) is 0 Å². The summed E-state index contributed by atoms with van der Waals surface area (Å²) >= 11 is 0. The van der Waals surface area contributed by atoms with E-state index in [4.69, 9.17) is 18.1 Å². The monoisotopic (exact) mass is 302 g/mol. The average molecular weight is 302 g/mol. The van der Waals surface area contributed by atoms with Crippen LogP contribution < -0.4 is 0 Å². The molecular formula is C10H24O6P2. The second-order valence-corrected chi connectivity index (χ2v) is 8.33. The maximum absolute atomic E-state index is 12.4. The van der Waals surface area contributed by atoms with Crippen LogP contribution in [0.3, 0.4) is 0 Å². The van der Waals surface area contributed by atoms with Crippen LogP contribution in [0.4, 0.5) is 0 Å². The van der Waals surface area contributed by atoms with Crippen LogP contribution in [0, 0.1) is 0 Å². The highest BCUT2D eigenvalue weighted by Crippen LogP contribution is 2.64. The van der Waals surface area contributed by atoms with E-state index in [0.29, 0.717) is 0 Å². The van der Waals surface area contributed by atoms with Crippen LogP contribution in [-0.4, -0.2) is 31.8 Å². The van der Waals surface area contributed by atoms with Crippen molar-refractivity contribution in [2.45, 2.75) is 40.7 Å². The topological polar surface area (TPSA) is 71.1 Å². The van der Waals surface area contributed by atoms with E-state index in [2.05, 4.69) is 0 Å². The fourth-order valence-corrected chi connectivity index (χ4v) is 6.25. The van der Waals surface area contributed by atoms with Crippen molar-refractivity contribution in [2.75, 3.05) is 25.7 Å². The van der Waals surface area contributed by atoms with E-state index in [0.717, 1.165) is 0 Å². The van der Waals surface area contributed by atoms with Crippen molar-refractivity contribution in [1.82, 2.24) is 0 Å². The molecule has 0 aromatic carbocycles. The Balaban J connectivity index is 4.91. The van der Waals surface area contributed by atoms with Gasteiger partial charge in [0, 0.05) is 0 Å². The quantitative estimate of drug-likeness (QED) is 0.570. The second kappa shape index (κ2) is 8.47. The molecule has 0 N–H and O–H groups in total. The number of hydrogen-bond acceptors (Lipinski definition) is 6. The average Bonchev–Trinajstić information content (AvgIpc) is 2.15. The minimum atomic E-state index is -3.47. The zero-order valence-corrected chi connectivity index (χ0v) is 13.5. The molecular weight excluding hydrogens is 278 g/mol. The second-order valence-electron chi connectivity index (χ2n) is 3.77. The molecule has 110 valence electrons. The van der Waals surface area contributed by atoms with Gasteiger partial charge in [0.1, 0.15) is 0 Å². The predicted molar refractivity (Wildman–Crippen MR) is 71.2 cm³/mol. The highest BCUT2D eigenvalue weighted by molar-refractivity contribution is 7.71. The van der Waals surface area contributed by atoms with Crippen molar-refractivity contribution in [3.63, 3.8) is 0 Å². The normalized spacial score (nSPS) is 15.9. The van der Waals surface area contributed by atoms with Gasteiger partial charge in [0.15, 0.2) is 5.90 Å². The molecule has 0 aliphatic carbocycles. The highest BCUT2D eigenvalue weighted by atomic mass is 31.2. The molecule has 0 aliphatic heterocycles. The number of rotatable bonds is 10. The van der Waals surface area contributed by atoms with Crippen molar-refractivity contribution < 1.29 is 27.2 Å². The fourth-order valence-electron chi connectivity index (χ4n) is 1.35. The summed E-state index contributed by atoms with van der Waals surface area (Å²) < 4.78 is 45.3. The van der Waals surface area contributed by atoms with Crippen LogP contribution in [0.2, 0.25) is 0 Å². The Kier molecular flexibility index (Phi) is 8.61. The first-order valence-electron chi connectivity index (χ1n) is 6.11. The van der Waals surface area contributed by atoms with Crippen molar-refractivity contribution in [3.05, 3.63) is 0 Å². The van der Waals surface area contributed by atoms with Gasteiger partial charge in [-0.1, -0.05) is 0 Å². The molecule has 0 aliphatic rings. The van der Waals surface area contributed by atoms with Crippen molar-refractivity contribution in [1.29, 1.82) is 0 Å². The smallest absolute Gasteiger partial charge is 0.308 e. The molecule has 0 saturated heterocycles. The van der Waals surface area contributed by atoms with E-state index in [1.165, 1.54) is 0 Å². The van der Waals surface area contributed by atoms with Gasteiger partial charge >= 0.3 is 15.2 Å². The van der Waals surface area contributed by atoms with Crippen molar-refractivity contribution in [3.8, 4) is 0 Å². The summed E-state index contributed by atoms with van der Waals surface area (Å²) in [7, 11) is -6.91. The van der Waals surface area contributed by atoms with E-state index in [-0.39, 0.29) is 31.8 Å². The summed E-state index contributed by atoms with van der Waals surface area (Å²) in [4.78, 5) is 0. The Morgan fingerprint density at radius 1 is 0.833 bits per heavy atom. The van der Waals surface area contributed by atoms with Gasteiger partial charge in [-0.2, -0.15) is 0 Å². The van der Waals surface area contributed by atoms with E-state index >= 15 is 0 Å². The van der Waals surface area contributed by atoms with E-state index in [1.54, 1.807) is 34.6 Å². The van der Waals surface area contributed by atoms with Crippen LogP contribution in [0.15, 0.2) is 0 Å². The molecule has 1 unspecified atom stereocenters. The molecule has 18 heavy (non-hydrogen) atoms. The lowest BCUT2D eigenvalue weighted by Crippen LogP contribution is -2.09. The van der Waals surface area contributed by atoms with Gasteiger partial charge in [-0.25, -0.2) is 0 Å². The first-order chi connectivity index (χ1) is 8.31. The summed E-state index contributed by atoms with van der Waals surface area (Å²) in [6.07, 6.45) is -0.293.